The molecule has 1 heterocycles. The van der Waals surface area contributed by atoms with E-state index in [0.29, 0.717) is 11.5 Å². The van der Waals surface area contributed by atoms with Crippen LogP contribution in [0.3, 0.4) is 0 Å². The molecule has 7 heteroatoms. The highest BCUT2D eigenvalue weighted by Gasteiger charge is 2.17. The Balaban J connectivity index is 1.88. The minimum absolute atomic E-state index is 0.157. The predicted molar refractivity (Wildman–Crippen MR) is 106 cm³/mol. The summed E-state index contributed by atoms with van der Waals surface area (Å²) < 4.78 is 11.2. The Morgan fingerprint density at radius 3 is 2.57 bits per heavy atom. The van der Waals surface area contributed by atoms with E-state index in [4.69, 9.17) is 14.3 Å². The fourth-order valence-corrected chi connectivity index (χ4v) is 2.84. The van der Waals surface area contributed by atoms with Gasteiger partial charge in [0.2, 0.25) is 0 Å². The van der Waals surface area contributed by atoms with Crippen molar-refractivity contribution >= 4 is 11.9 Å². The summed E-state index contributed by atoms with van der Waals surface area (Å²) in [5.41, 5.74) is 1.20. The highest BCUT2D eigenvalue weighted by molar-refractivity contribution is 5.91. The number of hydrogen-bond acceptors (Lipinski definition) is 5. The summed E-state index contributed by atoms with van der Waals surface area (Å²) in [6.45, 7) is 9.36. The van der Waals surface area contributed by atoms with Gasteiger partial charge in [0.15, 0.2) is 5.76 Å². The number of aryl methyl sites for hydroxylation is 1. The lowest BCUT2D eigenvalue weighted by Gasteiger charge is -2.17. The van der Waals surface area contributed by atoms with Gasteiger partial charge in [-0.15, -0.1) is 0 Å². The third-order valence-electron chi connectivity index (χ3n) is 4.47. The number of carbonyl (C=O) groups is 2. The molecular weight excluding hydrogens is 360 g/mol. The van der Waals surface area contributed by atoms with E-state index in [1.54, 1.807) is 12.1 Å². The van der Waals surface area contributed by atoms with Crippen LogP contribution in [0.2, 0.25) is 0 Å². The van der Waals surface area contributed by atoms with Crippen molar-refractivity contribution in [2.24, 2.45) is 0 Å². The van der Waals surface area contributed by atoms with Crippen LogP contribution in [0.4, 0.5) is 0 Å². The van der Waals surface area contributed by atoms with Gasteiger partial charge in [0.05, 0.1) is 12.1 Å². The summed E-state index contributed by atoms with van der Waals surface area (Å²) >= 11 is 0. The van der Waals surface area contributed by atoms with Crippen molar-refractivity contribution in [2.45, 2.75) is 33.7 Å². The fourth-order valence-electron chi connectivity index (χ4n) is 2.84. The van der Waals surface area contributed by atoms with Crippen molar-refractivity contribution in [1.82, 2.24) is 10.2 Å². The maximum Gasteiger partial charge on any atom is 0.335 e. The number of amides is 1. The van der Waals surface area contributed by atoms with Gasteiger partial charge in [0.25, 0.3) is 5.91 Å². The number of carboxylic acids is 1. The van der Waals surface area contributed by atoms with E-state index in [0.717, 1.165) is 37.4 Å². The van der Waals surface area contributed by atoms with Crippen molar-refractivity contribution in [3.8, 4) is 5.75 Å². The molecule has 0 atom stereocenters. The van der Waals surface area contributed by atoms with Gasteiger partial charge in [-0.25, -0.2) is 4.79 Å². The lowest BCUT2D eigenvalue weighted by molar-refractivity contribution is 0.0696. The zero-order valence-corrected chi connectivity index (χ0v) is 16.7. The molecular formula is C21H28N2O5. The number of nitrogens with one attached hydrogen (secondary N) is 1. The molecule has 0 spiro atoms. The minimum Gasteiger partial charge on any atom is -0.492 e. The Hall–Kier alpha value is -2.80. The van der Waals surface area contributed by atoms with E-state index in [-0.39, 0.29) is 24.6 Å². The Bertz CT molecular complexity index is 796. The minimum atomic E-state index is -1.01. The Morgan fingerprint density at radius 2 is 1.93 bits per heavy atom. The van der Waals surface area contributed by atoms with Crippen LogP contribution in [0.5, 0.6) is 5.75 Å². The van der Waals surface area contributed by atoms with Gasteiger partial charge >= 0.3 is 5.97 Å². The first-order valence-electron chi connectivity index (χ1n) is 9.56. The molecule has 2 aromatic rings. The first-order valence-corrected chi connectivity index (χ1v) is 9.56. The number of ether oxygens (including phenoxy) is 1. The number of carbonyl (C=O) groups excluding carboxylic acids is 1. The molecule has 1 aromatic carbocycles. The van der Waals surface area contributed by atoms with E-state index in [2.05, 4.69) is 24.1 Å². The van der Waals surface area contributed by atoms with Crippen LogP contribution in [0.25, 0.3) is 0 Å². The molecule has 0 radical (unpaired) electrons. The van der Waals surface area contributed by atoms with E-state index >= 15 is 0 Å². The standard InChI is InChI=1S/C21H28N2O5/c1-4-18-16(14-23(5-2)6-3)13-19(28-18)20(24)22-10-11-27-17-9-7-8-15(12-17)21(25)26/h7-9,12-13H,4-6,10-11,14H2,1-3H3,(H,22,24)(H,25,26). The van der Waals surface area contributed by atoms with Crippen molar-refractivity contribution < 1.29 is 23.8 Å². The Labute approximate surface area is 165 Å². The van der Waals surface area contributed by atoms with E-state index in [9.17, 15) is 9.59 Å². The molecule has 0 bridgehead atoms. The van der Waals surface area contributed by atoms with Gasteiger partial charge in [0, 0.05) is 18.5 Å². The average molecular weight is 388 g/mol. The summed E-state index contributed by atoms with van der Waals surface area (Å²) in [4.78, 5) is 25.6. The summed E-state index contributed by atoms with van der Waals surface area (Å²) in [6, 6.07) is 8.04. The normalized spacial score (nSPS) is 10.9. The van der Waals surface area contributed by atoms with Gasteiger partial charge < -0.3 is 19.6 Å². The maximum atomic E-state index is 12.4. The quantitative estimate of drug-likeness (QED) is 0.575. The highest BCUT2D eigenvalue weighted by Crippen LogP contribution is 2.18. The summed E-state index contributed by atoms with van der Waals surface area (Å²) in [5.74, 6) is 0.278. The molecule has 7 nitrogen and oxygen atoms in total. The van der Waals surface area contributed by atoms with Crippen LogP contribution >= 0.6 is 0 Å². The van der Waals surface area contributed by atoms with E-state index < -0.39 is 5.97 Å². The van der Waals surface area contributed by atoms with Crippen LogP contribution in [0.15, 0.2) is 34.7 Å². The Kier molecular flexibility index (Phi) is 8.07. The molecule has 28 heavy (non-hydrogen) atoms. The third kappa shape index (κ3) is 5.85. The summed E-state index contributed by atoms with van der Waals surface area (Å²) in [7, 11) is 0. The van der Waals surface area contributed by atoms with Crippen molar-refractivity contribution in [2.75, 3.05) is 26.2 Å². The number of aromatic carboxylic acids is 1. The molecule has 0 saturated carbocycles. The second kappa shape index (κ2) is 10.5. The van der Waals surface area contributed by atoms with Crippen molar-refractivity contribution in [3.05, 3.63) is 53.0 Å². The van der Waals surface area contributed by atoms with Crippen LogP contribution in [-0.4, -0.2) is 48.1 Å². The van der Waals surface area contributed by atoms with Gasteiger partial charge in [0.1, 0.15) is 18.1 Å². The zero-order chi connectivity index (χ0) is 20.5. The highest BCUT2D eigenvalue weighted by atomic mass is 16.5. The maximum absolute atomic E-state index is 12.4. The largest absolute Gasteiger partial charge is 0.492 e. The molecule has 1 amide bonds. The third-order valence-corrected chi connectivity index (χ3v) is 4.47. The summed E-state index contributed by atoms with van der Waals surface area (Å²) in [5, 5.41) is 11.7. The molecule has 0 aliphatic carbocycles. The van der Waals surface area contributed by atoms with E-state index in [1.807, 2.05) is 13.0 Å². The van der Waals surface area contributed by atoms with Crippen molar-refractivity contribution in [3.63, 3.8) is 0 Å². The van der Waals surface area contributed by atoms with Crippen LogP contribution in [0, 0.1) is 0 Å². The first kappa shape index (κ1) is 21.5. The van der Waals surface area contributed by atoms with Gasteiger partial charge in [-0.1, -0.05) is 26.8 Å². The zero-order valence-electron chi connectivity index (χ0n) is 16.7. The molecule has 0 aliphatic rings. The molecule has 2 N–H and O–H groups in total. The molecule has 0 unspecified atom stereocenters. The second-order valence-corrected chi connectivity index (χ2v) is 6.31. The van der Waals surface area contributed by atoms with Crippen molar-refractivity contribution in [1.29, 1.82) is 0 Å². The lowest BCUT2D eigenvalue weighted by atomic mass is 10.2. The van der Waals surface area contributed by atoms with Gasteiger partial charge in [-0.05, 0) is 37.4 Å². The molecule has 1 aromatic heterocycles. The molecule has 2 rings (SSSR count). The number of furan rings is 1. The summed E-state index contributed by atoms with van der Waals surface area (Å²) in [6.07, 6.45) is 0.729. The lowest BCUT2D eigenvalue weighted by Crippen LogP contribution is -2.27. The molecule has 0 saturated heterocycles. The second-order valence-electron chi connectivity index (χ2n) is 6.31. The number of nitrogens with zero attached hydrogens (tertiary/aromatic N) is 1. The number of hydrogen-bond donors (Lipinski definition) is 2. The topological polar surface area (TPSA) is 92.0 Å². The first-order chi connectivity index (χ1) is 13.5. The number of carboxylic acid groups (broad SMARTS) is 1. The smallest absolute Gasteiger partial charge is 0.335 e. The molecule has 0 aliphatic heterocycles. The SMILES string of the molecule is CCc1oc(C(=O)NCCOc2cccc(C(=O)O)c2)cc1CN(CC)CC. The monoisotopic (exact) mass is 388 g/mol. The average Bonchev–Trinajstić information content (AvgIpc) is 3.12. The number of rotatable bonds is 11. The number of benzene rings is 1. The molecule has 0 fully saturated rings. The van der Waals surface area contributed by atoms with Gasteiger partial charge in [-0.2, -0.15) is 0 Å². The van der Waals surface area contributed by atoms with Crippen LogP contribution in [0.1, 0.15) is 53.0 Å². The predicted octanol–water partition coefficient (Wildman–Crippen LogP) is 3.19. The molecule has 152 valence electrons. The van der Waals surface area contributed by atoms with Crippen LogP contribution < -0.4 is 10.1 Å². The van der Waals surface area contributed by atoms with E-state index in [1.165, 1.54) is 12.1 Å². The Morgan fingerprint density at radius 1 is 1.18 bits per heavy atom. The van der Waals surface area contributed by atoms with Crippen LogP contribution in [-0.2, 0) is 13.0 Å². The fraction of sp³-hybridized carbons (Fsp3) is 0.429. The van der Waals surface area contributed by atoms with Gasteiger partial charge in [-0.3, -0.25) is 9.69 Å².